The van der Waals surface area contributed by atoms with E-state index < -0.39 is 0 Å². The van der Waals surface area contributed by atoms with E-state index in [0.717, 1.165) is 39.3 Å². The topological polar surface area (TPSA) is 22.0 Å². The fourth-order valence-corrected chi connectivity index (χ4v) is 3.64. The molecule has 4 aromatic rings. The highest BCUT2D eigenvalue weighted by Gasteiger charge is 2.20. The fourth-order valence-electron chi connectivity index (χ4n) is 3.64. The number of ketones is 1. The zero-order chi connectivity index (χ0) is 18.3. The molecule has 0 saturated carbocycles. The highest BCUT2D eigenvalue weighted by molar-refractivity contribution is 6.21. The molecule has 1 heterocycles. The number of benzene rings is 3. The molecular weight excluding hydrogens is 318 g/mol. The Kier molecular flexibility index (Phi) is 3.91. The average molecular weight is 341 g/mol. The SMILES string of the molecule is CC(C)(C)Cn1cc(C(=O)c2cccc3ccccc23)c2ccccc21. The Labute approximate surface area is 154 Å². The third kappa shape index (κ3) is 2.92. The lowest BCUT2D eigenvalue weighted by Gasteiger charge is -2.19. The summed E-state index contributed by atoms with van der Waals surface area (Å²) in [5, 5.41) is 3.12. The number of hydrogen-bond acceptors (Lipinski definition) is 1. The molecule has 0 N–H and O–H groups in total. The van der Waals surface area contributed by atoms with Gasteiger partial charge in [0.2, 0.25) is 0 Å². The Balaban J connectivity index is 1.90. The number of aromatic nitrogens is 1. The van der Waals surface area contributed by atoms with Crippen LogP contribution in [0.15, 0.2) is 72.9 Å². The highest BCUT2D eigenvalue weighted by Crippen LogP contribution is 2.29. The summed E-state index contributed by atoms with van der Waals surface area (Å²) >= 11 is 0. The molecule has 0 atom stereocenters. The quantitative estimate of drug-likeness (QED) is 0.414. The molecule has 3 aromatic carbocycles. The van der Waals surface area contributed by atoms with Crippen LogP contribution in [0.3, 0.4) is 0 Å². The summed E-state index contributed by atoms with van der Waals surface area (Å²) < 4.78 is 2.22. The minimum absolute atomic E-state index is 0.0886. The zero-order valence-electron chi connectivity index (χ0n) is 15.5. The van der Waals surface area contributed by atoms with Gasteiger partial charge < -0.3 is 4.57 Å². The van der Waals surface area contributed by atoms with Crippen LogP contribution in [0.5, 0.6) is 0 Å². The average Bonchev–Trinajstić information content (AvgIpc) is 2.98. The molecule has 0 aliphatic heterocycles. The highest BCUT2D eigenvalue weighted by atomic mass is 16.1. The maximum atomic E-state index is 13.4. The van der Waals surface area contributed by atoms with Gasteiger partial charge in [-0.25, -0.2) is 0 Å². The first-order valence-electron chi connectivity index (χ1n) is 9.04. The molecule has 0 aliphatic carbocycles. The molecule has 1 aromatic heterocycles. The monoisotopic (exact) mass is 341 g/mol. The molecule has 130 valence electrons. The molecule has 26 heavy (non-hydrogen) atoms. The summed E-state index contributed by atoms with van der Waals surface area (Å²) in [6.07, 6.45) is 2.03. The number of hydrogen-bond donors (Lipinski definition) is 0. The van der Waals surface area contributed by atoms with E-state index in [-0.39, 0.29) is 11.2 Å². The molecule has 4 rings (SSSR count). The number of nitrogens with zero attached hydrogens (tertiary/aromatic N) is 1. The Bertz CT molecular complexity index is 1110. The van der Waals surface area contributed by atoms with Crippen LogP contribution in [0, 0.1) is 5.41 Å². The van der Waals surface area contributed by atoms with Crippen LogP contribution in [0.4, 0.5) is 0 Å². The van der Waals surface area contributed by atoms with Gasteiger partial charge in [0, 0.05) is 34.8 Å². The summed E-state index contributed by atoms with van der Waals surface area (Å²) in [6.45, 7) is 7.52. The first-order valence-corrected chi connectivity index (χ1v) is 9.04. The van der Waals surface area contributed by atoms with Gasteiger partial charge in [0.1, 0.15) is 0 Å². The van der Waals surface area contributed by atoms with Crippen molar-refractivity contribution in [3.05, 3.63) is 84.1 Å². The summed E-state index contributed by atoms with van der Waals surface area (Å²) in [7, 11) is 0. The Morgan fingerprint density at radius 2 is 1.46 bits per heavy atom. The normalized spacial score (nSPS) is 12.0. The predicted molar refractivity (Wildman–Crippen MR) is 109 cm³/mol. The summed E-state index contributed by atoms with van der Waals surface area (Å²) in [5.74, 6) is 0.0886. The van der Waals surface area contributed by atoms with Crippen LogP contribution in [-0.4, -0.2) is 10.4 Å². The van der Waals surface area contributed by atoms with E-state index in [1.165, 1.54) is 0 Å². The van der Waals surface area contributed by atoms with Gasteiger partial charge in [-0.05, 0) is 22.3 Å². The van der Waals surface area contributed by atoms with E-state index in [4.69, 9.17) is 0 Å². The van der Waals surface area contributed by atoms with E-state index in [1.807, 2.05) is 54.7 Å². The molecular formula is C24H23NO. The van der Waals surface area contributed by atoms with Gasteiger partial charge in [0.05, 0.1) is 0 Å². The number of carbonyl (C=O) groups excluding carboxylic acids is 1. The number of fused-ring (bicyclic) bond motifs is 2. The van der Waals surface area contributed by atoms with Crippen molar-refractivity contribution in [1.29, 1.82) is 0 Å². The fraction of sp³-hybridized carbons (Fsp3) is 0.208. The van der Waals surface area contributed by atoms with E-state index in [1.54, 1.807) is 0 Å². The van der Waals surface area contributed by atoms with Crippen molar-refractivity contribution in [3.8, 4) is 0 Å². The minimum Gasteiger partial charge on any atom is -0.346 e. The van der Waals surface area contributed by atoms with Crippen molar-refractivity contribution in [2.45, 2.75) is 27.3 Å². The van der Waals surface area contributed by atoms with Crippen LogP contribution >= 0.6 is 0 Å². The molecule has 0 bridgehead atoms. The van der Waals surface area contributed by atoms with Gasteiger partial charge in [-0.15, -0.1) is 0 Å². The number of carbonyl (C=O) groups is 1. The Hall–Kier alpha value is -2.87. The maximum absolute atomic E-state index is 13.4. The van der Waals surface area contributed by atoms with Crippen molar-refractivity contribution in [1.82, 2.24) is 4.57 Å². The lowest BCUT2D eigenvalue weighted by molar-refractivity contribution is 0.104. The smallest absolute Gasteiger partial charge is 0.195 e. The second-order valence-corrected chi connectivity index (χ2v) is 8.10. The Morgan fingerprint density at radius 1 is 0.808 bits per heavy atom. The van der Waals surface area contributed by atoms with Crippen molar-refractivity contribution < 1.29 is 4.79 Å². The van der Waals surface area contributed by atoms with Crippen molar-refractivity contribution in [3.63, 3.8) is 0 Å². The van der Waals surface area contributed by atoms with Crippen molar-refractivity contribution >= 4 is 27.5 Å². The number of rotatable bonds is 3. The van der Waals surface area contributed by atoms with Crippen LogP contribution in [-0.2, 0) is 6.54 Å². The lowest BCUT2D eigenvalue weighted by Crippen LogP contribution is -2.14. The Morgan fingerprint density at radius 3 is 2.23 bits per heavy atom. The summed E-state index contributed by atoms with van der Waals surface area (Å²) in [6, 6.07) is 22.2. The third-order valence-corrected chi connectivity index (χ3v) is 4.71. The van der Waals surface area contributed by atoms with E-state index >= 15 is 0 Å². The largest absolute Gasteiger partial charge is 0.346 e. The van der Waals surface area contributed by atoms with Gasteiger partial charge in [0.25, 0.3) is 0 Å². The molecule has 0 radical (unpaired) electrons. The van der Waals surface area contributed by atoms with Crippen LogP contribution in [0.2, 0.25) is 0 Å². The second kappa shape index (κ2) is 6.14. The lowest BCUT2D eigenvalue weighted by atomic mass is 9.97. The molecule has 0 amide bonds. The standard InChI is InChI=1S/C24H23NO/c1-24(2,3)16-25-15-21(19-12-6-7-14-22(19)25)23(26)20-13-8-10-17-9-4-5-11-18(17)20/h4-15H,16H2,1-3H3. The predicted octanol–water partition coefficient (Wildman–Crippen LogP) is 6.07. The maximum Gasteiger partial charge on any atom is 0.195 e. The van der Waals surface area contributed by atoms with Gasteiger partial charge >= 0.3 is 0 Å². The first kappa shape index (κ1) is 16.6. The van der Waals surface area contributed by atoms with Crippen LogP contribution in [0.1, 0.15) is 36.7 Å². The van der Waals surface area contributed by atoms with Gasteiger partial charge in [0.15, 0.2) is 5.78 Å². The van der Waals surface area contributed by atoms with E-state index in [0.29, 0.717) is 0 Å². The van der Waals surface area contributed by atoms with Crippen LogP contribution < -0.4 is 0 Å². The molecule has 0 spiro atoms. The number of para-hydroxylation sites is 1. The molecule has 2 nitrogen and oxygen atoms in total. The third-order valence-electron chi connectivity index (χ3n) is 4.71. The molecule has 0 fully saturated rings. The molecule has 0 saturated heterocycles. The summed E-state index contributed by atoms with van der Waals surface area (Å²) in [4.78, 5) is 13.4. The van der Waals surface area contributed by atoms with Crippen LogP contribution in [0.25, 0.3) is 21.7 Å². The van der Waals surface area contributed by atoms with Gasteiger partial charge in [-0.3, -0.25) is 4.79 Å². The molecule has 2 heteroatoms. The first-order chi connectivity index (χ1) is 12.4. The van der Waals surface area contributed by atoms with Crippen molar-refractivity contribution in [2.75, 3.05) is 0 Å². The molecule has 0 aliphatic rings. The molecule has 0 unspecified atom stereocenters. The minimum atomic E-state index is 0.0886. The second-order valence-electron chi connectivity index (χ2n) is 8.10. The van der Waals surface area contributed by atoms with E-state index in [2.05, 4.69) is 43.5 Å². The van der Waals surface area contributed by atoms with Gasteiger partial charge in [-0.2, -0.15) is 0 Å². The van der Waals surface area contributed by atoms with E-state index in [9.17, 15) is 4.79 Å². The van der Waals surface area contributed by atoms with Crippen molar-refractivity contribution in [2.24, 2.45) is 5.41 Å². The zero-order valence-corrected chi connectivity index (χ0v) is 15.5. The van der Waals surface area contributed by atoms with Gasteiger partial charge in [-0.1, -0.05) is 81.4 Å². The summed E-state index contributed by atoms with van der Waals surface area (Å²) in [5.41, 5.74) is 2.80.